The summed E-state index contributed by atoms with van der Waals surface area (Å²) in [5.74, 6) is -0.0806. The molecule has 1 aromatic rings. The summed E-state index contributed by atoms with van der Waals surface area (Å²) in [6, 6.07) is 6.94. The van der Waals surface area contributed by atoms with Crippen molar-refractivity contribution in [2.45, 2.75) is 46.0 Å². The molecule has 0 saturated carbocycles. The van der Waals surface area contributed by atoms with Gasteiger partial charge in [0.05, 0.1) is 5.56 Å². The van der Waals surface area contributed by atoms with Gasteiger partial charge in [0, 0.05) is 12.2 Å². The average molecular weight is 263 g/mol. The van der Waals surface area contributed by atoms with Crippen LogP contribution in [-0.2, 0) is 0 Å². The number of rotatable bonds is 9. The zero-order valence-corrected chi connectivity index (χ0v) is 12.0. The molecule has 0 aromatic heterocycles. The van der Waals surface area contributed by atoms with Gasteiger partial charge in [0.25, 0.3) is 0 Å². The number of hydrogen-bond acceptors (Lipinski definition) is 2. The van der Waals surface area contributed by atoms with Crippen molar-refractivity contribution >= 4 is 11.7 Å². The molecule has 0 saturated heterocycles. The normalized spacial score (nSPS) is 12.1. The SMILES string of the molecule is CCCCC(CC)CCNc1ccc(C(=O)O)cc1. The first-order valence-corrected chi connectivity index (χ1v) is 7.24. The number of nitrogens with one attached hydrogen (secondary N) is 1. The molecule has 0 aliphatic rings. The molecule has 0 fully saturated rings. The van der Waals surface area contributed by atoms with Gasteiger partial charge in [-0.3, -0.25) is 0 Å². The van der Waals surface area contributed by atoms with Crippen LogP contribution < -0.4 is 5.32 Å². The number of unbranched alkanes of at least 4 members (excludes halogenated alkanes) is 1. The minimum atomic E-state index is -0.878. The van der Waals surface area contributed by atoms with Gasteiger partial charge in [-0.1, -0.05) is 39.5 Å². The van der Waals surface area contributed by atoms with E-state index < -0.39 is 5.97 Å². The Morgan fingerprint density at radius 1 is 1.21 bits per heavy atom. The number of aromatic carboxylic acids is 1. The lowest BCUT2D eigenvalue weighted by Gasteiger charge is -2.15. The Morgan fingerprint density at radius 2 is 1.89 bits per heavy atom. The molecule has 1 atom stereocenters. The molecular formula is C16H25NO2. The molecule has 3 nitrogen and oxygen atoms in total. The smallest absolute Gasteiger partial charge is 0.335 e. The fourth-order valence-electron chi connectivity index (χ4n) is 2.20. The van der Waals surface area contributed by atoms with Gasteiger partial charge < -0.3 is 10.4 Å². The Morgan fingerprint density at radius 3 is 2.42 bits per heavy atom. The van der Waals surface area contributed by atoms with Gasteiger partial charge in [0.1, 0.15) is 0 Å². The van der Waals surface area contributed by atoms with Gasteiger partial charge in [-0.15, -0.1) is 0 Å². The summed E-state index contributed by atoms with van der Waals surface area (Å²) in [5, 5.41) is 12.2. The van der Waals surface area contributed by atoms with Gasteiger partial charge in [0.2, 0.25) is 0 Å². The van der Waals surface area contributed by atoms with Crippen molar-refractivity contribution in [2.75, 3.05) is 11.9 Å². The second-order valence-corrected chi connectivity index (χ2v) is 5.01. The first-order chi connectivity index (χ1) is 9.17. The van der Waals surface area contributed by atoms with Gasteiger partial charge in [0.15, 0.2) is 0 Å². The third kappa shape index (κ3) is 5.77. The van der Waals surface area contributed by atoms with Gasteiger partial charge >= 0.3 is 5.97 Å². The number of anilines is 1. The van der Waals surface area contributed by atoms with E-state index in [9.17, 15) is 4.79 Å². The zero-order valence-electron chi connectivity index (χ0n) is 12.0. The first kappa shape index (κ1) is 15.5. The Bertz CT molecular complexity index is 373. The largest absolute Gasteiger partial charge is 0.478 e. The van der Waals surface area contributed by atoms with Crippen LogP contribution in [0.25, 0.3) is 0 Å². The van der Waals surface area contributed by atoms with E-state index in [1.54, 1.807) is 12.1 Å². The summed E-state index contributed by atoms with van der Waals surface area (Å²) in [6.07, 6.45) is 6.30. The average Bonchev–Trinajstić information content (AvgIpc) is 2.43. The topological polar surface area (TPSA) is 49.3 Å². The quantitative estimate of drug-likeness (QED) is 0.694. The van der Waals surface area contributed by atoms with Gasteiger partial charge in [-0.2, -0.15) is 0 Å². The molecule has 0 bridgehead atoms. The van der Waals surface area contributed by atoms with E-state index in [0.717, 1.165) is 18.2 Å². The first-order valence-electron chi connectivity index (χ1n) is 7.24. The van der Waals surface area contributed by atoms with Crippen LogP contribution in [0, 0.1) is 5.92 Å². The minimum absolute atomic E-state index is 0.333. The molecule has 0 spiro atoms. The van der Waals surface area contributed by atoms with E-state index in [1.807, 2.05) is 12.1 Å². The molecule has 1 rings (SSSR count). The second kappa shape index (κ2) is 8.57. The fourth-order valence-corrected chi connectivity index (χ4v) is 2.20. The summed E-state index contributed by atoms with van der Waals surface area (Å²) < 4.78 is 0. The molecule has 106 valence electrons. The van der Waals surface area contributed by atoms with Crippen LogP contribution in [0.15, 0.2) is 24.3 Å². The third-order valence-corrected chi connectivity index (χ3v) is 3.56. The van der Waals surface area contributed by atoms with Crippen molar-refractivity contribution in [1.29, 1.82) is 0 Å². The zero-order chi connectivity index (χ0) is 14.1. The summed E-state index contributed by atoms with van der Waals surface area (Å²) in [7, 11) is 0. The number of carbonyl (C=O) groups is 1. The van der Waals surface area contributed by atoms with Crippen LogP contribution in [0.2, 0.25) is 0 Å². The van der Waals surface area contributed by atoms with Crippen LogP contribution in [0.5, 0.6) is 0 Å². The molecule has 0 heterocycles. The van der Waals surface area contributed by atoms with Crippen LogP contribution >= 0.6 is 0 Å². The van der Waals surface area contributed by atoms with Crippen LogP contribution in [0.4, 0.5) is 5.69 Å². The molecule has 3 heteroatoms. The summed E-state index contributed by atoms with van der Waals surface area (Å²) >= 11 is 0. The number of hydrogen-bond donors (Lipinski definition) is 2. The highest BCUT2D eigenvalue weighted by Crippen LogP contribution is 2.17. The van der Waals surface area contributed by atoms with Crippen molar-refractivity contribution in [3.05, 3.63) is 29.8 Å². The summed E-state index contributed by atoms with van der Waals surface area (Å²) in [4.78, 5) is 10.7. The highest BCUT2D eigenvalue weighted by Gasteiger charge is 2.05. The Hall–Kier alpha value is -1.51. The van der Waals surface area contributed by atoms with E-state index >= 15 is 0 Å². The standard InChI is InChI=1S/C16H25NO2/c1-3-5-6-13(4-2)11-12-17-15-9-7-14(8-10-15)16(18)19/h7-10,13,17H,3-6,11-12H2,1-2H3,(H,18,19). The Kier molecular flexibility index (Phi) is 7.01. The van der Waals surface area contributed by atoms with Crippen molar-refractivity contribution in [2.24, 2.45) is 5.92 Å². The van der Waals surface area contributed by atoms with Gasteiger partial charge in [-0.25, -0.2) is 4.79 Å². The van der Waals surface area contributed by atoms with Crippen LogP contribution in [0.3, 0.4) is 0 Å². The van der Waals surface area contributed by atoms with Crippen LogP contribution in [-0.4, -0.2) is 17.6 Å². The van der Waals surface area contributed by atoms with E-state index in [2.05, 4.69) is 19.2 Å². The van der Waals surface area contributed by atoms with Gasteiger partial charge in [-0.05, 0) is 36.6 Å². The third-order valence-electron chi connectivity index (χ3n) is 3.56. The molecule has 1 aromatic carbocycles. The lowest BCUT2D eigenvalue weighted by atomic mass is 9.96. The predicted octanol–water partition coefficient (Wildman–Crippen LogP) is 4.40. The van der Waals surface area contributed by atoms with E-state index in [1.165, 1.54) is 32.1 Å². The lowest BCUT2D eigenvalue weighted by Crippen LogP contribution is -2.09. The maximum absolute atomic E-state index is 10.7. The molecule has 0 aliphatic carbocycles. The number of benzene rings is 1. The molecule has 0 amide bonds. The minimum Gasteiger partial charge on any atom is -0.478 e. The second-order valence-electron chi connectivity index (χ2n) is 5.01. The number of carboxylic acids is 1. The molecule has 19 heavy (non-hydrogen) atoms. The molecule has 1 unspecified atom stereocenters. The lowest BCUT2D eigenvalue weighted by molar-refractivity contribution is 0.0697. The van der Waals surface area contributed by atoms with Crippen molar-refractivity contribution in [3.8, 4) is 0 Å². The summed E-state index contributed by atoms with van der Waals surface area (Å²) in [6.45, 7) is 5.44. The maximum atomic E-state index is 10.7. The number of carboxylic acid groups (broad SMARTS) is 1. The highest BCUT2D eigenvalue weighted by molar-refractivity contribution is 5.87. The van der Waals surface area contributed by atoms with E-state index in [-0.39, 0.29) is 0 Å². The monoisotopic (exact) mass is 263 g/mol. The Labute approximate surface area is 116 Å². The van der Waals surface area contributed by atoms with Crippen molar-refractivity contribution < 1.29 is 9.90 Å². The Balaban J connectivity index is 2.33. The van der Waals surface area contributed by atoms with Crippen molar-refractivity contribution in [3.63, 3.8) is 0 Å². The maximum Gasteiger partial charge on any atom is 0.335 e. The summed E-state index contributed by atoms with van der Waals surface area (Å²) in [5.41, 5.74) is 1.33. The van der Waals surface area contributed by atoms with E-state index in [0.29, 0.717) is 5.56 Å². The predicted molar refractivity (Wildman–Crippen MR) is 79.8 cm³/mol. The highest BCUT2D eigenvalue weighted by atomic mass is 16.4. The van der Waals surface area contributed by atoms with E-state index in [4.69, 9.17) is 5.11 Å². The molecular weight excluding hydrogens is 238 g/mol. The van der Waals surface area contributed by atoms with Crippen molar-refractivity contribution in [1.82, 2.24) is 0 Å². The van der Waals surface area contributed by atoms with Crippen LogP contribution in [0.1, 0.15) is 56.3 Å². The molecule has 0 aliphatic heterocycles. The molecule has 2 N–H and O–H groups in total. The fraction of sp³-hybridized carbons (Fsp3) is 0.562. The molecule has 0 radical (unpaired) electrons.